The number of halogens is 2. The van der Waals surface area contributed by atoms with Gasteiger partial charge in [0.05, 0.1) is 5.69 Å². The van der Waals surface area contributed by atoms with Crippen molar-refractivity contribution >= 4 is 0 Å². The van der Waals surface area contributed by atoms with Crippen molar-refractivity contribution < 1.29 is 8.78 Å². The van der Waals surface area contributed by atoms with E-state index in [-0.39, 0.29) is 0 Å². The second-order valence-electron chi connectivity index (χ2n) is 4.24. The minimum absolute atomic E-state index is 0.549. The molecule has 0 amide bonds. The molecule has 1 aromatic heterocycles. The average molecular weight is 248 g/mol. The molecule has 0 N–H and O–H groups in total. The first-order valence-corrected chi connectivity index (χ1v) is 5.67. The van der Waals surface area contributed by atoms with E-state index in [2.05, 4.69) is 4.98 Å². The molecule has 4 heteroatoms. The molecule has 0 atom stereocenters. The molecule has 0 aliphatic carbocycles. The Hall–Kier alpha value is -1.81. The first-order chi connectivity index (χ1) is 8.65. The quantitative estimate of drug-likeness (QED) is 0.827. The molecular formula is C14H14F2N2. The van der Waals surface area contributed by atoms with Gasteiger partial charge in [-0.15, -0.1) is 0 Å². The second kappa shape index (κ2) is 5.69. The molecule has 2 nitrogen and oxygen atoms in total. The maximum Gasteiger partial charge on any atom is 0.159 e. The maximum atomic E-state index is 13.1. The number of pyridine rings is 1. The van der Waals surface area contributed by atoms with Crippen molar-refractivity contribution in [3.05, 3.63) is 65.5 Å². The zero-order chi connectivity index (χ0) is 13.0. The van der Waals surface area contributed by atoms with Crippen LogP contribution < -0.4 is 0 Å². The van der Waals surface area contributed by atoms with Crippen LogP contribution in [0.15, 0.2) is 42.6 Å². The summed E-state index contributed by atoms with van der Waals surface area (Å²) in [5, 5.41) is 0. The van der Waals surface area contributed by atoms with E-state index in [1.807, 2.05) is 30.1 Å². The van der Waals surface area contributed by atoms with Crippen LogP contribution >= 0.6 is 0 Å². The third-order valence-corrected chi connectivity index (χ3v) is 2.59. The monoisotopic (exact) mass is 248 g/mol. The number of aromatic nitrogens is 1. The van der Waals surface area contributed by atoms with Crippen LogP contribution in [-0.4, -0.2) is 16.9 Å². The normalized spacial score (nSPS) is 10.9. The number of hydrogen-bond donors (Lipinski definition) is 0. The minimum Gasteiger partial charge on any atom is -0.296 e. The molecule has 1 heterocycles. The summed E-state index contributed by atoms with van der Waals surface area (Å²) in [6, 6.07) is 9.69. The van der Waals surface area contributed by atoms with Crippen LogP contribution in [0.4, 0.5) is 8.78 Å². The summed E-state index contributed by atoms with van der Waals surface area (Å²) in [6.07, 6.45) is 1.74. The molecule has 1 aromatic carbocycles. The smallest absolute Gasteiger partial charge is 0.159 e. The van der Waals surface area contributed by atoms with Crippen LogP contribution in [0.3, 0.4) is 0 Å². The Bertz CT molecular complexity index is 514. The van der Waals surface area contributed by atoms with Gasteiger partial charge in [0.15, 0.2) is 11.6 Å². The highest BCUT2D eigenvalue weighted by Gasteiger charge is 2.06. The van der Waals surface area contributed by atoms with Crippen molar-refractivity contribution in [3.63, 3.8) is 0 Å². The molecule has 2 aromatic rings. The van der Waals surface area contributed by atoms with Gasteiger partial charge in [-0.05, 0) is 36.9 Å². The fourth-order valence-electron chi connectivity index (χ4n) is 1.77. The van der Waals surface area contributed by atoms with Gasteiger partial charge in [-0.25, -0.2) is 8.78 Å². The van der Waals surface area contributed by atoms with Crippen molar-refractivity contribution in [3.8, 4) is 0 Å². The molecule has 18 heavy (non-hydrogen) atoms. The first-order valence-electron chi connectivity index (χ1n) is 5.67. The third-order valence-electron chi connectivity index (χ3n) is 2.59. The Morgan fingerprint density at radius 3 is 2.56 bits per heavy atom. The SMILES string of the molecule is CN(Cc1ccc(F)c(F)c1)Cc1ccccn1. The van der Waals surface area contributed by atoms with Crippen molar-refractivity contribution in [2.24, 2.45) is 0 Å². The summed E-state index contributed by atoms with van der Waals surface area (Å²) in [7, 11) is 1.91. The Balaban J connectivity index is 1.99. The minimum atomic E-state index is -0.814. The molecule has 0 unspecified atom stereocenters. The molecule has 2 rings (SSSR count). The van der Waals surface area contributed by atoms with Gasteiger partial charge in [-0.1, -0.05) is 12.1 Å². The summed E-state index contributed by atoms with van der Waals surface area (Å²) >= 11 is 0. The highest BCUT2D eigenvalue weighted by molar-refractivity contribution is 5.17. The van der Waals surface area contributed by atoms with Crippen LogP contribution in [0.1, 0.15) is 11.3 Å². The second-order valence-corrected chi connectivity index (χ2v) is 4.24. The van der Waals surface area contributed by atoms with E-state index in [1.54, 1.807) is 12.3 Å². The van der Waals surface area contributed by atoms with Crippen LogP contribution in [0.25, 0.3) is 0 Å². The largest absolute Gasteiger partial charge is 0.296 e. The zero-order valence-electron chi connectivity index (χ0n) is 10.1. The van der Waals surface area contributed by atoms with Gasteiger partial charge < -0.3 is 0 Å². The lowest BCUT2D eigenvalue weighted by Crippen LogP contribution is -2.18. The zero-order valence-corrected chi connectivity index (χ0v) is 10.1. The molecule has 0 fully saturated rings. The van der Waals surface area contributed by atoms with Crippen LogP contribution in [0.5, 0.6) is 0 Å². The lowest BCUT2D eigenvalue weighted by Gasteiger charge is -2.16. The number of benzene rings is 1. The van der Waals surface area contributed by atoms with Crippen LogP contribution in [0, 0.1) is 11.6 Å². The van der Waals surface area contributed by atoms with E-state index in [9.17, 15) is 8.78 Å². The van der Waals surface area contributed by atoms with E-state index in [0.717, 1.165) is 17.3 Å². The molecule has 0 saturated heterocycles. The standard InChI is InChI=1S/C14H14F2N2/c1-18(10-12-4-2-3-7-17-12)9-11-5-6-13(15)14(16)8-11/h2-8H,9-10H2,1H3. The molecule has 0 bridgehead atoms. The fourth-order valence-corrected chi connectivity index (χ4v) is 1.77. The summed E-state index contributed by atoms with van der Waals surface area (Å²) in [5.74, 6) is -1.62. The molecule has 0 aliphatic rings. The Morgan fingerprint density at radius 2 is 1.89 bits per heavy atom. The van der Waals surface area contributed by atoms with E-state index < -0.39 is 11.6 Å². The van der Waals surface area contributed by atoms with E-state index in [4.69, 9.17) is 0 Å². The van der Waals surface area contributed by atoms with Gasteiger partial charge in [-0.2, -0.15) is 0 Å². The van der Waals surface area contributed by atoms with Crippen molar-refractivity contribution in [1.29, 1.82) is 0 Å². The maximum absolute atomic E-state index is 13.1. The van der Waals surface area contributed by atoms with E-state index in [1.165, 1.54) is 6.07 Å². The fraction of sp³-hybridized carbons (Fsp3) is 0.214. The molecule has 0 aliphatic heterocycles. The molecular weight excluding hydrogens is 234 g/mol. The summed E-state index contributed by atoms with van der Waals surface area (Å²) in [5.41, 5.74) is 1.69. The lowest BCUT2D eigenvalue weighted by molar-refractivity contribution is 0.314. The summed E-state index contributed by atoms with van der Waals surface area (Å²) in [4.78, 5) is 6.21. The van der Waals surface area contributed by atoms with Gasteiger partial charge >= 0.3 is 0 Å². The van der Waals surface area contributed by atoms with Crippen LogP contribution in [-0.2, 0) is 13.1 Å². The Morgan fingerprint density at radius 1 is 1.06 bits per heavy atom. The average Bonchev–Trinajstić information content (AvgIpc) is 2.35. The molecule has 0 spiro atoms. The van der Waals surface area contributed by atoms with Gasteiger partial charge in [0.25, 0.3) is 0 Å². The predicted molar refractivity (Wildman–Crippen MR) is 65.8 cm³/mol. The predicted octanol–water partition coefficient (Wildman–Crippen LogP) is 2.99. The molecule has 0 radical (unpaired) electrons. The summed E-state index contributed by atoms with van der Waals surface area (Å²) < 4.78 is 25.8. The summed E-state index contributed by atoms with van der Waals surface area (Å²) in [6.45, 7) is 1.22. The number of rotatable bonds is 4. The highest BCUT2D eigenvalue weighted by Crippen LogP contribution is 2.11. The van der Waals surface area contributed by atoms with Gasteiger partial charge in [0.2, 0.25) is 0 Å². The van der Waals surface area contributed by atoms with E-state index in [0.29, 0.717) is 13.1 Å². The highest BCUT2D eigenvalue weighted by atomic mass is 19.2. The van der Waals surface area contributed by atoms with Gasteiger partial charge in [0.1, 0.15) is 0 Å². The Kier molecular flexibility index (Phi) is 3.99. The third kappa shape index (κ3) is 3.34. The van der Waals surface area contributed by atoms with Gasteiger partial charge in [-0.3, -0.25) is 9.88 Å². The van der Waals surface area contributed by atoms with Crippen LogP contribution in [0.2, 0.25) is 0 Å². The first kappa shape index (κ1) is 12.6. The lowest BCUT2D eigenvalue weighted by atomic mass is 10.2. The molecule has 0 saturated carbocycles. The van der Waals surface area contributed by atoms with Crippen molar-refractivity contribution in [1.82, 2.24) is 9.88 Å². The van der Waals surface area contributed by atoms with Crippen molar-refractivity contribution in [2.45, 2.75) is 13.1 Å². The number of nitrogens with zero attached hydrogens (tertiary/aromatic N) is 2. The van der Waals surface area contributed by atoms with E-state index >= 15 is 0 Å². The Labute approximate surface area is 105 Å². The van der Waals surface area contributed by atoms with Crippen molar-refractivity contribution in [2.75, 3.05) is 7.05 Å². The number of hydrogen-bond acceptors (Lipinski definition) is 2. The molecule has 94 valence electrons. The van der Waals surface area contributed by atoms with Gasteiger partial charge in [0, 0.05) is 19.3 Å². The topological polar surface area (TPSA) is 16.1 Å².